The zero-order chi connectivity index (χ0) is 27.4. The predicted octanol–water partition coefficient (Wildman–Crippen LogP) is 4.53. The van der Waals surface area contributed by atoms with E-state index >= 15 is 0 Å². The Morgan fingerprint density at radius 1 is 1.26 bits per heavy atom. The van der Waals surface area contributed by atoms with Crippen LogP contribution in [0.1, 0.15) is 55.5 Å². The van der Waals surface area contributed by atoms with Crippen molar-refractivity contribution >= 4 is 23.1 Å². The Balaban J connectivity index is 0.00000164. The van der Waals surface area contributed by atoms with Gasteiger partial charge in [0.2, 0.25) is 12.3 Å². The summed E-state index contributed by atoms with van der Waals surface area (Å²) >= 11 is 0. The van der Waals surface area contributed by atoms with Gasteiger partial charge < -0.3 is 15.0 Å². The van der Waals surface area contributed by atoms with Crippen LogP contribution in [0.25, 0.3) is 16.9 Å². The van der Waals surface area contributed by atoms with Gasteiger partial charge >= 0.3 is 0 Å². The van der Waals surface area contributed by atoms with Gasteiger partial charge in [-0.3, -0.25) is 14.3 Å². The Labute approximate surface area is 220 Å². The molecule has 3 heterocycles. The molecule has 3 aromatic heterocycles. The van der Waals surface area contributed by atoms with E-state index in [0.29, 0.717) is 34.3 Å². The van der Waals surface area contributed by atoms with Crippen LogP contribution in [0.15, 0.2) is 49.1 Å². The number of aromatic nitrogens is 5. The second kappa shape index (κ2) is 11.4. The molecule has 0 aliphatic heterocycles. The molecule has 2 amide bonds. The van der Waals surface area contributed by atoms with Crippen LogP contribution in [0.3, 0.4) is 0 Å². The molecule has 1 aromatic carbocycles. The fourth-order valence-corrected chi connectivity index (χ4v) is 3.93. The van der Waals surface area contributed by atoms with Crippen LogP contribution in [0, 0.1) is 0 Å². The van der Waals surface area contributed by atoms with E-state index in [1.165, 1.54) is 27.2 Å². The number of nitrogens with one attached hydrogen (secondary N) is 1. The van der Waals surface area contributed by atoms with Crippen molar-refractivity contribution in [2.45, 2.75) is 52.4 Å². The number of nitrogens with zero attached hydrogens (tertiary/aromatic N) is 6. The van der Waals surface area contributed by atoms with Crippen LogP contribution in [-0.4, -0.2) is 61.5 Å². The van der Waals surface area contributed by atoms with E-state index in [1.807, 2.05) is 26.0 Å². The third kappa shape index (κ3) is 5.82. The number of carbonyl (C=O) groups is 2. The molecule has 0 radical (unpaired) electrons. The molecular formula is C27H32FN7O3. The molecule has 1 N–H and O–H groups in total. The Kier molecular flexibility index (Phi) is 8.04. The molecule has 10 nitrogen and oxygen atoms in total. The molecule has 1 saturated carbocycles. The number of alkyl halides is 1. The van der Waals surface area contributed by atoms with Crippen molar-refractivity contribution in [1.82, 2.24) is 29.3 Å². The molecule has 0 spiro atoms. The predicted molar refractivity (Wildman–Crippen MR) is 142 cm³/mol. The van der Waals surface area contributed by atoms with Crippen molar-refractivity contribution in [2.24, 2.45) is 0 Å². The average Bonchev–Trinajstić information content (AvgIpc) is 3.54. The number of benzene rings is 1. The third-order valence-corrected chi connectivity index (χ3v) is 5.93. The van der Waals surface area contributed by atoms with Crippen LogP contribution in [0.4, 0.5) is 10.1 Å². The minimum Gasteiger partial charge on any atom is -0.460 e. The van der Waals surface area contributed by atoms with Crippen LogP contribution in [0.5, 0.6) is 5.75 Å². The lowest BCUT2D eigenvalue weighted by atomic mass is 10.0. The van der Waals surface area contributed by atoms with Crippen LogP contribution in [-0.2, 0) is 11.3 Å². The topological polar surface area (TPSA) is 107 Å². The van der Waals surface area contributed by atoms with Gasteiger partial charge in [-0.2, -0.15) is 10.2 Å². The number of anilines is 1. The molecule has 200 valence electrons. The van der Waals surface area contributed by atoms with Crippen LogP contribution < -0.4 is 10.1 Å². The number of rotatable bonds is 8. The maximum Gasteiger partial charge on any atom is 0.261 e. The van der Waals surface area contributed by atoms with Crippen molar-refractivity contribution in [1.29, 1.82) is 0 Å². The summed E-state index contributed by atoms with van der Waals surface area (Å²) in [6, 6.07) is 7.28. The van der Waals surface area contributed by atoms with Gasteiger partial charge in [-0.1, -0.05) is 19.9 Å². The van der Waals surface area contributed by atoms with Crippen molar-refractivity contribution in [3.8, 4) is 17.0 Å². The average molecular weight is 522 g/mol. The number of hydrogen-bond acceptors (Lipinski definition) is 6. The van der Waals surface area contributed by atoms with Gasteiger partial charge in [-0.15, -0.1) is 0 Å². The lowest BCUT2D eigenvalue weighted by Gasteiger charge is -2.14. The summed E-state index contributed by atoms with van der Waals surface area (Å²) < 4.78 is 22.3. The summed E-state index contributed by atoms with van der Waals surface area (Å²) in [5, 5.41) is 11.7. The molecule has 0 bridgehead atoms. The molecule has 38 heavy (non-hydrogen) atoms. The zero-order valence-electron chi connectivity index (χ0n) is 22.2. The molecule has 1 unspecified atom stereocenters. The van der Waals surface area contributed by atoms with Crippen molar-refractivity contribution < 1.29 is 18.7 Å². The Hall–Kier alpha value is -4.28. The number of likely N-dealkylation sites (N-methyl/N-ethyl adjacent to an activating group) is 1. The summed E-state index contributed by atoms with van der Waals surface area (Å²) in [5.41, 5.74) is 3.03. The summed E-state index contributed by atoms with van der Waals surface area (Å²) in [4.78, 5) is 31.3. The first kappa shape index (κ1) is 26.8. The minimum atomic E-state index is -1.55. The van der Waals surface area contributed by atoms with Crippen molar-refractivity contribution in [3.63, 3.8) is 0 Å². The number of carbonyl (C=O) groups excluding carboxylic acids is 2. The molecule has 1 atom stereocenters. The maximum absolute atomic E-state index is 13.9. The minimum absolute atomic E-state index is 0.0356. The Morgan fingerprint density at radius 3 is 2.71 bits per heavy atom. The van der Waals surface area contributed by atoms with E-state index < -0.39 is 12.3 Å². The normalized spacial score (nSPS) is 13.4. The van der Waals surface area contributed by atoms with E-state index in [-0.39, 0.29) is 18.0 Å². The van der Waals surface area contributed by atoms with E-state index in [1.54, 1.807) is 44.8 Å². The van der Waals surface area contributed by atoms with E-state index in [9.17, 15) is 14.0 Å². The second-order valence-corrected chi connectivity index (χ2v) is 8.97. The number of amides is 2. The first-order chi connectivity index (χ1) is 18.3. The lowest BCUT2D eigenvalue weighted by molar-refractivity contribution is -0.129. The quantitative estimate of drug-likeness (QED) is 0.365. The third-order valence-electron chi connectivity index (χ3n) is 5.93. The highest BCUT2D eigenvalue weighted by Gasteiger charge is 2.27. The lowest BCUT2D eigenvalue weighted by Crippen LogP contribution is -2.26. The monoisotopic (exact) mass is 521 g/mol. The van der Waals surface area contributed by atoms with Crippen molar-refractivity contribution in [3.05, 3.63) is 60.2 Å². The highest BCUT2D eigenvalue weighted by molar-refractivity contribution is 6.09. The second-order valence-electron chi connectivity index (χ2n) is 8.97. The van der Waals surface area contributed by atoms with Crippen molar-refractivity contribution in [2.75, 3.05) is 19.4 Å². The Morgan fingerprint density at radius 2 is 2.03 bits per heavy atom. The summed E-state index contributed by atoms with van der Waals surface area (Å²) in [7, 11) is 3.31. The molecule has 1 aliphatic rings. The first-order valence-corrected chi connectivity index (χ1v) is 12.6. The standard InChI is InChI=1S/C25H26FN7O3.C2H6/c1-15(26)36-21-8-7-17(16-5-6-16)11-18(21)23-20(13-32(30-23)14-22(34)31(2)3)29-25(35)19-12-28-33-10-4-9-27-24(19)33;1-2/h4,7-13,15-16H,5-6,14H2,1-3H3,(H,29,35);1-2H3. The number of fused-ring (bicyclic) bond motifs is 1. The van der Waals surface area contributed by atoms with Crippen LogP contribution in [0.2, 0.25) is 0 Å². The van der Waals surface area contributed by atoms with Gasteiger partial charge in [0, 0.05) is 45.2 Å². The zero-order valence-corrected chi connectivity index (χ0v) is 22.2. The summed E-state index contributed by atoms with van der Waals surface area (Å²) in [6.45, 7) is 5.26. The van der Waals surface area contributed by atoms with Gasteiger partial charge in [0.25, 0.3) is 5.91 Å². The van der Waals surface area contributed by atoms with E-state index in [2.05, 4.69) is 20.5 Å². The number of ether oxygens (including phenoxy) is 1. The highest BCUT2D eigenvalue weighted by Crippen LogP contribution is 2.44. The van der Waals surface area contributed by atoms with Gasteiger partial charge in [0.15, 0.2) is 5.65 Å². The SMILES string of the molecule is CC.CC(F)Oc1ccc(C2CC2)cc1-c1nn(CC(=O)N(C)C)cc1NC(=O)c1cnn2cccnc12. The first-order valence-electron chi connectivity index (χ1n) is 12.6. The van der Waals surface area contributed by atoms with Gasteiger partial charge in [0.1, 0.15) is 23.6 Å². The van der Waals surface area contributed by atoms with Gasteiger partial charge in [0.05, 0.1) is 11.9 Å². The molecule has 11 heteroatoms. The molecule has 5 rings (SSSR count). The largest absolute Gasteiger partial charge is 0.460 e. The van der Waals surface area contributed by atoms with Gasteiger partial charge in [-0.25, -0.2) is 13.9 Å². The molecule has 1 aliphatic carbocycles. The van der Waals surface area contributed by atoms with Gasteiger partial charge in [-0.05, 0) is 42.5 Å². The molecular weight excluding hydrogens is 489 g/mol. The molecule has 4 aromatic rings. The molecule has 1 fully saturated rings. The van der Waals surface area contributed by atoms with Crippen LogP contribution >= 0.6 is 0 Å². The maximum atomic E-state index is 13.9. The van der Waals surface area contributed by atoms with E-state index in [0.717, 1.165) is 18.4 Å². The fourth-order valence-electron chi connectivity index (χ4n) is 3.93. The number of halogens is 1. The summed E-state index contributed by atoms with van der Waals surface area (Å²) in [5.74, 6) is 0.116. The Bertz CT molecular complexity index is 1440. The fraction of sp³-hybridized carbons (Fsp3) is 0.370. The smallest absolute Gasteiger partial charge is 0.261 e. The van der Waals surface area contributed by atoms with E-state index in [4.69, 9.17) is 4.74 Å². The molecule has 0 saturated heterocycles. The number of hydrogen-bond donors (Lipinski definition) is 1. The highest BCUT2D eigenvalue weighted by atomic mass is 19.1. The summed E-state index contributed by atoms with van der Waals surface area (Å²) in [6.07, 6.45) is 6.91.